The van der Waals surface area contributed by atoms with Crippen LogP contribution < -0.4 is 0 Å². The largest absolute Gasteiger partial charge is 0.469 e. The van der Waals surface area contributed by atoms with Gasteiger partial charge in [-0.15, -0.1) is 0 Å². The molecule has 1 heterocycles. The third kappa shape index (κ3) is 8.57. The van der Waals surface area contributed by atoms with Crippen molar-refractivity contribution in [3.05, 3.63) is 0 Å². The van der Waals surface area contributed by atoms with Crippen molar-refractivity contribution in [2.45, 2.75) is 96.2 Å². The minimum Gasteiger partial charge on any atom is -0.469 e. The molecule has 3 nitrogen and oxygen atoms in total. The molecule has 3 heteroatoms. The van der Waals surface area contributed by atoms with Crippen molar-refractivity contribution < 1.29 is 14.3 Å². The molecule has 0 bridgehead atoms. The highest BCUT2D eigenvalue weighted by atomic mass is 16.6. The number of hydrogen-bond donors (Lipinski definition) is 0. The Bertz CT molecular complexity index is 253. The van der Waals surface area contributed by atoms with Gasteiger partial charge in [0.05, 0.1) is 25.7 Å². The Morgan fingerprint density at radius 3 is 2.00 bits per heavy atom. The van der Waals surface area contributed by atoms with Gasteiger partial charge in [0.1, 0.15) is 0 Å². The van der Waals surface area contributed by atoms with Crippen LogP contribution in [0.25, 0.3) is 0 Å². The average molecular weight is 284 g/mol. The van der Waals surface area contributed by atoms with E-state index in [0.717, 1.165) is 6.42 Å². The van der Waals surface area contributed by atoms with Crippen molar-refractivity contribution in [1.29, 1.82) is 0 Å². The lowest BCUT2D eigenvalue weighted by Gasteiger charge is -2.01. The predicted molar refractivity (Wildman–Crippen MR) is 81.8 cm³/mol. The van der Waals surface area contributed by atoms with E-state index >= 15 is 0 Å². The molecule has 0 spiro atoms. The standard InChI is InChI=1S/C17H32O3/c1-3-4-5-6-7-8-9-10-11-12-13-15-16(20-15)14-17(18)19-2/h15-16H,3-14H2,1-2H3. The fraction of sp³-hybridized carbons (Fsp3) is 0.941. The van der Waals surface area contributed by atoms with Crippen LogP contribution in [0, 0.1) is 0 Å². The summed E-state index contributed by atoms with van der Waals surface area (Å²) in [5.74, 6) is -0.152. The first-order chi connectivity index (χ1) is 9.77. The van der Waals surface area contributed by atoms with E-state index in [1.165, 1.54) is 71.3 Å². The first kappa shape index (κ1) is 17.5. The Balaban J connectivity index is 1.77. The van der Waals surface area contributed by atoms with E-state index in [1.807, 2.05) is 0 Å². The molecule has 2 atom stereocenters. The second-order valence-corrected chi connectivity index (χ2v) is 5.96. The van der Waals surface area contributed by atoms with Gasteiger partial charge >= 0.3 is 5.97 Å². The molecule has 0 aliphatic carbocycles. The number of epoxide rings is 1. The topological polar surface area (TPSA) is 38.8 Å². The number of hydrogen-bond acceptors (Lipinski definition) is 3. The summed E-state index contributed by atoms with van der Waals surface area (Å²) in [6.07, 6.45) is 15.6. The molecule has 0 aromatic carbocycles. The minimum atomic E-state index is -0.152. The predicted octanol–water partition coefficient (Wildman–Crippen LogP) is 4.63. The molecule has 20 heavy (non-hydrogen) atoms. The molecular formula is C17H32O3. The lowest BCUT2D eigenvalue weighted by molar-refractivity contribution is -0.140. The van der Waals surface area contributed by atoms with Gasteiger partial charge in [-0.3, -0.25) is 4.79 Å². The van der Waals surface area contributed by atoms with Gasteiger partial charge in [-0.25, -0.2) is 0 Å². The second-order valence-electron chi connectivity index (χ2n) is 5.96. The third-order valence-corrected chi connectivity index (χ3v) is 4.13. The number of carbonyl (C=O) groups is 1. The molecular weight excluding hydrogens is 252 g/mol. The first-order valence-corrected chi connectivity index (χ1v) is 8.50. The number of ether oxygens (including phenoxy) is 2. The fourth-order valence-electron chi connectivity index (χ4n) is 2.69. The van der Waals surface area contributed by atoms with E-state index in [4.69, 9.17) is 4.74 Å². The summed E-state index contributed by atoms with van der Waals surface area (Å²) in [7, 11) is 1.43. The normalized spacial score (nSPS) is 20.9. The van der Waals surface area contributed by atoms with Crippen LogP contribution >= 0.6 is 0 Å². The van der Waals surface area contributed by atoms with Gasteiger partial charge in [-0.1, -0.05) is 71.1 Å². The van der Waals surface area contributed by atoms with Gasteiger partial charge in [0.25, 0.3) is 0 Å². The van der Waals surface area contributed by atoms with Crippen molar-refractivity contribution in [3.63, 3.8) is 0 Å². The second kappa shape index (κ2) is 11.1. The Kier molecular flexibility index (Phi) is 9.73. The molecule has 0 amide bonds. The van der Waals surface area contributed by atoms with Gasteiger partial charge in [0.15, 0.2) is 0 Å². The monoisotopic (exact) mass is 284 g/mol. The highest BCUT2D eigenvalue weighted by Crippen LogP contribution is 2.30. The molecule has 1 rings (SSSR count). The zero-order chi connectivity index (χ0) is 14.6. The maximum Gasteiger partial charge on any atom is 0.308 e. The molecule has 1 aliphatic rings. The zero-order valence-electron chi connectivity index (χ0n) is 13.4. The van der Waals surface area contributed by atoms with Gasteiger partial charge in [0, 0.05) is 0 Å². The molecule has 0 N–H and O–H groups in total. The van der Waals surface area contributed by atoms with Crippen LogP contribution in [-0.4, -0.2) is 25.3 Å². The Morgan fingerprint density at radius 2 is 1.45 bits per heavy atom. The van der Waals surface area contributed by atoms with Crippen LogP contribution in [0.15, 0.2) is 0 Å². The molecule has 1 fully saturated rings. The number of carbonyl (C=O) groups excluding carboxylic acids is 1. The van der Waals surface area contributed by atoms with Crippen molar-refractivity contribution in [3.8, 4) is 0 Å². The van der Waals surface area contributed by atoms with Crippen LogP contribution in [0.2, 0.25) is 0 Å². The van der Waals surface area contributed by atoms with Gasteiger partial charge in [-0.05, 0) is 6.42 Å². The van der Waals surface area contributed by atoms with Gasteiger partial charge < -0.3 is 9.47 Å². The molecule has 0 aromatic rings. The van der Waals surface area contributed by atoms with E-state index in [-0.39, 0.29) is 12.1 Å². The van der Waals surface area contributed by atoms with E-state index in [0.29, 0.717) is 12.5 Å². The highest BCUT2D eigenvalue weighted by Gasteiger charge is 2.39. The van der Waals surface area contributed by atoms with Crippen molar-refractivity contribution >= 4 is 5.97 Å². The fourth-order valence-corrected chi connectivity index (χ4v) is 2.69. The summed E-state index contributed by atoms with van der Waals surface area (Å²) >= 11 is 0. The van der Waals surface area contributed by atoms with Crippen molar-refractivity contribution in [2.24, 2.45) is 0 Å². The smallest absolute Gasteiger partial charge is 0.308 e. The lowest BCUT2D eigenvalue weighted by atomic mass is 10.0. The quantitative estimate of drug-likeness (QED) is 0.281. The molecule has 1 aliphatic heterocycles. The first-order valence-electron chi connectivity index (χ1n) is 8.50. The molecule has 0 radical (unpaired) electrons. The van der Waals surface area contributed by atoms with Gasteiger partial charge in [0.2, 0.25) is 0 Å². The minimum absolute atomic E-state index is 0.140. The van der Waals surface area contributed by atoms with Crippen LogP contribution in [-0.2, 0) is 14.3 Å². The zero-order valence-corrected chi connectivity index (χ0v) is 13.4. The number of unbranched alkanes of at least 4 members (excludes halogenated alkanes) is 9. The summed E-state index contributed by atoms with van der Waals surface area (Å²) in [6, 6.07) is 0. The molecule has 2 unspecified atom stereocenters. The number of rotatable bonds is 13. The molecule has 1 saturated heterocycles. The lowest BCUT2D eigenvalue weighted by Crippen LogP contribution is -2.06. The molecule has 0 saturated carbocycles. The molecule has 118 valence electrons. The van der Waals surface area contributed by atoms with E-state index in [9.17, 15) is 4.79 Å². The van der Waals surface area contributed by atoms with Crippen LogP contribution in [0.1, 0.15) is 84.0 Å². The van der Waals surface area contributed by atoms with E-state index in [1.54, 1.807) is 0 Å². The van der Waals surface area contributed by atoms with Crippen LogP contribution in [0.3, 0.4) is 0 Å². The van der Waals surface area contributed by atoms with Crippen molar-refractivity contribution in [2.75, 3.05) is 7.11 Å². The summed E-state index contributed by atoms with van der Waals surface area (Å²) in [5.41, 5.74) is 0. The Morgan fingerprint density at radius 1 is 0.900 bits per heavy atom. The summed E-state index contributed by atoms with van der Waals surface area (Å²) in [5, 5.41) is 0. The van der Waals surface area contributed by atoms with Crippen LogP contribution in [0.4, 0.5) is 0 Å². The third-order valence-electron chi connectivity index (χ3n) is 4.13. The van der Waals surface area contributed by atoms with E-state index in [2.05, 4.69) is 11.7 Å². The molecule has 0 aromatic heterocycles. The number of methoxy groups -OCH3 is 1. The van der Waals surface area contributed by atoms with Crippen molar-refractivity contribution in [1.82, 2.24) is 0 Å². The summed E-state index contributed by atoms with van der Waals surface area (Å²) in [6.45, 7) is 2.26. The van der Waals surface area contributed by atoms with Gasteiger partial charge in [-0.2, -0.15) is 0 Å². The summed E-state index contributed by atoms with van der Waals surface area (Å²) in [4.78, 5) is 11.0. The number of esters is 1. The SMILES string of the molecule is CCCCCCCCCCCCC1OC1CC(=O)OC. The Labute approximate surface area is 124 Å². The maximum atomic E-state index is 11.0. The van der Waals surface area contributed by atoms with E-state index < -0.39 is 0 Å². The highest BCUT2D eigenvalue weighted by molar-refractivity contribution is 5.70. The Hall–Kier alpha value is -0.570. The average Bonchev–Trinajstić information content (AvgIpc) is 3.18. The van der Waals surface area contributed by atoms with Crippen LogP contribution in [0.5, 0.6) is 0 Å². The maximum absolute atomic E-state index is 11.0. The summed E-state index contributed by atoms with van der Waals surface area (Å²) < 4.78 is 10.1.